The number of hydrogen-bond acceptors (Lipinski definition) is 4. The molecule has 33 heavy (non-hydrogen) atoms. The summed E-state index contributed by atoms with van der Waals surface area (Å²) in [5.74, 6) is -1.12. The number of hydrogen-bond donors (Lipinski definition) is 2. The van der Waals surface area contributed by atoms with E-state index in [1.165, 1.54) is 11.6 Å². The zero-order valence-corrected chi connectivity index (χ0v) is 20.6. The molecule has 2 aromatic carbocycles. The molecule has 2 atom stereocenters. The summed E-state index contributed by atoms with van der Waals surface area (Å²) in [6.07, 6.45) is 0.398. The zero-order chi connectivity index (χ0) is 24.2. The van der Waals surface area contributed by atoms with E-state index in [1.54, 1.807) is 0 Å². The van der Waals surface area contributed by atoms with Crippen LogP contribution in [-0.2, 0) is 22.5 Å². The van der Waals surface area contributed by atoms with Gasteiger partial charge in [-0.2, -0.15) is 0 Å². The number of rotatable bonds is 4. The average molecular weight is 456 g/mol. The van der Waals surface area contributed by atoms with E-state index in [2.05, 4.69) is 12.2 Å². The fraction of sp³-hybridized carbons (Fsp3) is 0.519. The summed E-state index contributed by atoms with van der Waals surface area (Å²) in [6.45, 7) is 14.8. The minimum Gasteiger partial charge on any atom is -0.490 e. The Kier molecular flexibility index (Phi) is 6.04. The van der Waals surface area contributed by atoms with Crippen LogP contribution in [-0.4, -0.2) is 23.3 Å². The fourth-order valence-corrected chi connectivity index (χ4v) is 5.46. The number of nitrogens with one attached hydrogen (secondary N) is 1. The second kappa shape index (κ2) is 8.41. The van der Waals surface area contributed by atoms with Crippen molar-refractivity contribution in [3.05, 3.63) is 50.8 Å². The maximum absolute atomic E-state index is 15.3. The summed E-state index contributed by atoms with van der Waals surface area (Å²) in [6, 6.07) is 1.64. The smallest absolute Gasteiger partial charge is 0.337 e. The number of fused-ring (bicyclic) bond motifs is 2. The van der Waals surface area contributed by atoms with E-state index >= 15 is 4.39 Å². The molecule has 0 saturated carbocycles. The van der Waals surface area contributed by atoms with Gasteiger partial charge in [0.05, 0.1) is 12.2 Å². The highest BCUT2D eigenvalue weighted by Gasteiger charge is 2.36. The van der Waals surface area contributed by atoms with Gasteiger partial charge in [-0.3, -0.25) is 0 Å². The highest BCUT2D eigenvalue weighted by molar-refractivity contribution is 5.86. The maximum atomic E-state index is 15.3. The molecule has 0 spiro atoms. The number of aliphatic carboxylic acids is 1. The van der Waals surface area contributed by atoms with Crippen LogP contribution < -0.4 is 10.1 Å². The molecule has 0 aliphatic carbocycles. The van der Waals surface area contributed by atoms with Gasteiger partial charge in [0.1, 0.15) is 0 Å². The summed E-state index contributed by atoms with van der Waals surface area (Å²) in [5, 5.41) is 13.7. The Balaban J connectivity index is 2.09. The van der Waals surface area contributed by atoms with Crippen LogP contribution in [0.3, 0.4) is 0 Å². The van der Waals surface area contributed by atoms with Crippen molar-refractivity contribution in [3.8, 4) is 16.9 Å². The molecule has 2 N–H and O–H groups in total. The summed E-state index contributed by atoms with van der Waals surface area (Å²) < 4.78 is 27.0. The Morgan fingerprint density at radius 2 is 1.91 bits per heavy atom. The highest BCUT2D eigenvalue weighted by atomic mass is 19.1. The lowest BCUT2D eigenvalue weighted by Gasteiger charge is -2.31. The lowest BCUT2D eigenvalue weighted by Crippen LogP contribution is -2.29. The first-order chi connectivity index (χ1) is 15.4. The van der Waals surface area contributed by atoms with Crippen molar-refractivity contribution in [2.24, 2.45) is 0 Å². The molecule has 5 nitrogen and oxygen atoms in total. The van der Waals surface area contributed by atoms with Crippen LogP contribution >= 0.6 is 0 Å². The van der Waals surface area contributed by atoms with Crippen LogP contribution in [0.4, 0.5) is 4.39 Å². The van der Waals surface area contributed by atoms with Crippen molar-refractivity contribution in [1.29, 1.82) is 0 Å². The third kappa shape index (κ3) is 4.04. The van der Waals surface area contributed by atoms with Gasteiger partial charge in [0, 0.05) is 23.7 Å². The first kappa shape index (κ1) is 23.7. The van der Waals surface area contributed by atoms with Gasteiger partial charge in [0.15, 0.2) is 17.7 Å². The molecule has 2 aliphatic heterocycles. The first-order valence-electron chi connectivity index (χ1n) is 11.7. The molecule has 2 aliphatic rings. The van der Waals surface area contributed by atoms with Crippen molar-refractivity contribution < 1.29 is 23.8 Å². The predicted molar refractivity (Wildman–Crippen MR) is 126 cm³/mol. The molecule has 178 valence electrons. The maximum Gasteiger partial charge on any atom is 0.337 e. The molecule has 0 bridgehead atoms. The third-order valence-electron chi connectivity index (χ3n) is 6.91. The van der Waals surface area contributed by atoms with Crippen LogP contribution in [0.1, 0.15) is 85.2 Å². The molecule has 2 aromatic rings. The number of carboxylic acid groups (broad SMARTS) is 1. The Morgan fingerprint density at radius 1 is 1.21 bits per heavy atom. The molecule has 2 heterocycles. The van der Waals surface area contributed by atoms with Gasteiger partial charge in [-0.15, -0.1) is 0 Å². The standard InChI is InChI=1S/C27H34FNO4/c1-13-17-9-8-10-32-24(17)20(28)11-18(13)22-15(3)21-16(4)29-12-19(21)14(2)23(22)25(26(30)31)33-27(5,6)7/h11,16,25,29H,8-10,12H2,1-7H3,(H,30,31)/t16-,25?/m1/s1. The zero-order valence-electron chi connectivity index (χ0n) is 20.6. The van der Waals surface area contributed by atoms with Crippen molar-refractivity contribution in [1.82, 2.24) is 5.32 Å². The van der Waals surface area contributed by atoms with Gasteiger partial charge in [-0.25, -0.2) is 9.18 Å². The fourth-order valence-electron chi connectivity index (χ4n) is 5.46. The Labute approximate surface area is 195 Å². The number of carbonyl (C=O) groups is 1. The van der Waals surface area contributed by atoms with E-state index in [9.17, 15) is 9.90 Å². The molecular formula is C27H34FNO4. The van der Waals surface area contributed by atoms with Crippen LogP contribution in [0.2, 0.25) is 0 Å². The molecule has 4 rings (SSSR count). The minimum atomic E-state index is -1.17. The summed E-state index contributed by atoms with van der Waals surface area (Å²) >= 11 is 0. The van der Waals surface area contributed by atoms with Gasteiger partial charge in [-0.05, 0) is 106 Å². The molecule has 0 fully saturated rings. The molecular weight excluding hydrogens is 421 g/mol. The Bertz CT molecular complexity index is 1130. The van der Waals surface area contributed by atoms with Gasteiger partial charge >= 0.3 is 5.97 Å². The Hall–Kier alpha value is -2.44. The van der Waals surface area contributed by atoms with Crippen molar-refractivity contribution in [3.63, 3.8) is 0 Å². The van der Waals surface area contributed by atoms with Gasteiger partial charge in [0.25, 0.3) is 0 Å². The van der Waals surface area contributed by atoms with Crippen molar-refractivity contribution in [2.75, 3.05) is 6.61 Å². The minimum absolute atomic E-state index is 0.129. The van der Waals surface area contributed by atoms with Gasteiger partial charge < -0.3 is 19.9 Å². The van der Waals surface area contributed by atoms with Gasteiger partial charge in [0.2, 0.25) is 0 Å². The van der Waals surface area contributed by atoms with E-state index in [0.717, 1.165) is 51.8 Å². The molecule has 6 heteroatoms. The van der Waals surface area contributed by atoms with E-state index < -0.39 is 23.5 Å². The Morgan fingerprint density at radius 3 is 2.55 bits per heavy atom. The monoisotopic (exact) mass is 455 g/mol. The number of benzene rings is 2. The molecule has 1 unspecified atom stereocenters. The summed E-state index contributed by atoms with van der Waals surface area (Å²) in [4.78, 5) is 12.5. The summed E-state index contributed by atoms with van der Waals surface area (Å²) in [7, 11) is 0. The second-order valence-corrected chi connectivity index (χ2v) is 10.3. The molecule has 0 saturated heterocycles. The topological polar surface area (TPSA) is 67.8 Å². The van der Waals surface area contributed by atoms with Crippen LogP contribution in [0.15, 0.2) is 6.07 Å². The average Bonchev–Trinajstić information content (AvgIpc) is 3.13. The number of ether oxygens (including phenoxy) is 2. The summed E-state index contributed by atoms with van der Waals surface area (Å²) in [5.41, 5.74) is 7.39. The first-order valence-corrected chi connectivity index (χ1v) is 11.7. The molecule has 0 radical (unpaired) electrons. The van der Waals surface area contributed by atoms with E-state index in [4.69, 9.17) is 9.47 Å². The predicted octanol–water partition coefficient (Wildman–Crippen LogP) is 5.85. The number of carboxylic acids is 1. The van der Waals surface area contributed by atoms with Crippen LogP contribution in [0.25, 0.3) is 11.1 Å². The largest absolute Gasteiger partial charge is 0.490 e. The molecule has 0 amide bonds. The van der Waals surface area contributed by atoms with E-state index in [-0.39, 0.29) is 6.04 Å². The third-order valence-corrected chi connectivity index (χ3v) is 6.91. The van der Waals surface area contributed by atoms with Crippen LogP contribution in [0.5, 0.6) is 5.75 Å². The SMILES string of the molecule is Cc1c(-c2c(C)c3c(c(C)c2C(OC(C)(C)C)C(=O)O)CN[C@@H]3C)cc(F)c2c1CCCO2. The highest BCUT2D eigenvalue weighted by Crippen LogP contribution is 2.47. The van der Waals surface area contributed by atoms with E-state index in [0.29, 0.717) is 24.5 Å². The van der Waals surface area contributed by atoms with Crippen LogP contribution in [0, 0.1) is 26.6 Å². The van der Waals surface area contributed by atoms with E-state index in [1.807, 2.05) is 41.5 Å². The quantitative estimate of drug-likeness (QED) is 0.606. The lowest BCUT2D eigenvalue weighted by atomic mass is 9.80. The van der Waals surface area contributed by atoms with Gasteiger partial charge in [-0.1, -0.05) is 0 Å². The number of halogens is 1. The van der Waals surface area contributed by atoms with Crippen molar-refractivity contribution >= 4 is 5.97 Å². The second-order valence-electron chi connectivity index (χ2n) is 10.3. The molecule has 0 aromatic heterocycles. The normalized spacial score (nSPS) is 18.5. The van der Waals surface area contributed by atoms with Crippen molar-refractivity contribution in [2.45, 2.75) is 85.6 Å². The lowest BCUT2D eigenvalue weighted by molar-refractivity contribution is -0.160.